The van der Waals surface area contributed by atoms with Gasteiger partial charge >= 0.3 is 0 Å². The van der Waals surface area contributed by atoms with Crippen molar-refractivity contribution in [2.45, 2.75) is 13.3 Å². The molecule has 1 aromatic rings. The molecule has 1 fully saturated rings. The maximum Gasteiger partial charge on any atom is 0.253 e. The number of hydrogen-bond acceptors (Lipinski definition) is 2. The number of nitrogens with zero attached hydrogens (tertiary/aromatic N) is 2. The van der Waals surface area contributed by atoms with E-state index in [9.17, 15) is 9.59 Å². The van der Waals surface area contributed by atoms with Gasteiger partial charge in [-0.2, -0.15) is 0 Å². The van der Waals surface area contributed by atoms with Gasteiger partial charge in [-0.3, -0.25) is 9.59 Å². The molecule has 0 spiro atoms. The fourth-order valence-corrected chi connectivity index (χ4v) is 2.52. The topological polar surface area (TPSA) is 40.6 Å². The molecule has 0 bridgehead atoms. The molecule has 1 saturated heterocycles. The smallest absolute Gasteiger partial charge is 0.253 e. The first-order chi connectivity index (χ1) is 9.61. The van der Waals surface area contributed by atoms with Crippen molar-refractivity contribution in [2.75, 3.05) is 32.1 Å². The summed E-state index contributed by atoms with van der Waals surface area (Å²) in [4.78, 5) is 27.7. The standard InChI is InChI=1S/C15H19ClN2O2/c1-12-3-2-4-13(11-12)15(20)18-9-7-17(8-10-18)14(19)5-6-16/h2-4,11H,5-10H2,1H3. The van der Waals surface area contributed by atoms with Crippen LogP contribution in [0.15, 0.2) is 24.3 Å². The molecule has 2 amide bonds. The van der Waals surface area contributed by atoms with E-state index < -0.39 is 0 Å². The molecule has 108 valence electrons. The Kier molecular flexibility index (Phi) is 5.01. The van der Waals surface area contributed by atoms with Crippen LogP contribution < -0.4 is 0 Å². The number of hydrogen-bond donors (Lipinski definition) is 0. The lowest BCUT2D eigenvalue weighted by Crippen LogP contribution is -2.50. The Balaban J connectivity index is 1.93. The third-order valence-electron chi connectivity index (χ3n) is 3.49. The molecule has 1 aliphatic rings. The van der Waals surface area contributed by atoms with Crippen molar-refractivity contribution >= 4 is 23.4 Å². The van der Waals surface area contributed by atoms with E-state index in [4.69, 9.17) is 11.6 Å². The van der Waals surface area contributed by atoms with E-state index in [1.165, 1.54) is 0 Å². The van der Waals surface area contributed by atoms with Crippen LogP contribution in [-0.2, 0) is 4.79 Å². The highest BCUT2D eigenvalue weighted by Crippen LogP contribution is 2.11. The summed E-state index contributed by atoms with van der Waals surface area (Å²) in [5.41, 5.74) is 1.79. The highest BCUT2D eigenvalue weighted by atomic mass is 35.5. The third kappa shape index (κ3) is 3.51. The number of aryl methyl sites for hydroxylation is 1. The quantitative estimate of drug-likeness (QED) is 0.799. The Labute approximate surface area is 124 Å². The van der Waals surface area contributed by atoms with Crippen LogP contribution in [0.3, 0.4) is 0 Å². The van der Waals surface area contributed by atoms with Crippen molar-refractivity contribution in [3.8, 4) is 0 Å². The van der Waals surface area contributed by atoms with Crippen molar-refractivity contribution in [1.82, 2.24) is 9.80 Å². The molecule has 0 atom stereocenters. The van der Waals surface area contributed by atoms with Gasteiger partial charge in [0.05, 0.1) is 0 Å². The first-order valence-corrected chi connectivity index (χ1v) is 7.35. The largest absolute Gasteiger partial charge is 0.339 e. The second-order valence-electron chi connectivity index (χ2n) is 4.98. The van der Waals surface area contributed by atoms with Gasteiger partial charge in [-0.05, 0) is 19.1 Å². The number of carbonyl (C=O) groups excluding carboxylic acids is 2. The zero-order valence-corrected chi connectivity index (χ0v) is 12.4. The zero-order valence-electron chi connectivity index (χ0n) is 11.6. The molecular weight excluding hydrogens is 276 g/mol. The van der Waals surface area contributed by atoms with Crippen LogP contribution in [-0.4, -0.2) is 53.7 Å². The Hall–Kier alpha value is -1.55. The number of piperazine rings is 1. The zero-order chi connectivity index (χ0) is 14.5. The molecule has 0 saturated carbocycles. The van der Waals surface area contributed by atoms with Crippen LogP contribution in [0.25, 0.3) is 0 Å². The van der Waals surface area contributed by atoms with Crippen molar-refractivity contribution in [3.63, 3.8) is 0 Å². The minimum Gasteiger partial charge on any atom is -0.339 e. The molecule has 0 aliphatic carbocycles. The number of carbonyl (C=O) groups is 2. The molecule has 5 heteroatoms. The van der Waals surface area contributed by atoms with Crippen LogP contribution in [0.4, 0.5) is 0 Å². The highest BCUT2D eigenvalue weighted by molar-refractivity contribution is 6.18. The Bertz CT molecular complexity index is 496. The maximum atomic E-state index is 12.4. The van der Waals surface area contributed by atoms with Crippen LogP contribution in [0.5, 0.6) is 0 Å². The van der Waals surface area contributed by atoms with E-state index in [0.717, 1.165) is 5.56 Å². The van der Waals surface area contributed by atoms with Crippen LogP contribution in [0.2, 0.25) is 0 Å². The molecule has 1 aromatic carbocycles. The molecule has 4 nitrogen and oxygen atoms in total. The summed E-state index contributed by atoms with van der Waals surface area (Å²) >= 11 is 5.58. The van der Waals surface area contributed by atoms with E-state index in [0.29, 0.717) is 44.0 Å². The molecule has 20 heavy (non-hydrogen) atoms. The van der Waals surface area contributed by atoms with Crippen LogP contribution >= 0.6 is 11.6 Å². The SMILES string of the molecule is Cc1cccc(C(=O)N2CCN(C(=O)CCCl)CC2)c1. The van der Waals surface area contributed by atoms with Gasteiger partial charge in [0.15, 0.2) is 0 Å². The van der Waals surface area contributed by atoms with Crippen molar-refractivity contribution in [1.29, 1.82) is 0 Å². The second-order valence-corrected chi connectivity index (χ2v) is 5.36. The minimum atomic E-state index is 0.0399. The van der Waals surface area contributed by atoms with E-state index in [-0.39, 0.29) is 11.8 Å². The minimum absolute atomic E-state index is 0.0399. The average molecular weight is 295 g/mol. The molecule has 1 heterocycles. The molecule has 0 N–H and O–H groups in total. The van der Waals surface area contributed by atoms with E-state index in [1.807, 2.05) is 31.2 Å². The summed E-state index contributed by atoms with van der Waals surface area (Å²) < 4.78 is 0. The Morgan fingerprint density at radius 1 is 1.15 bits per heavy atom. The van der Waals surface area contributed by atoms with Gasteiger partial charge in [-0.15, -0.1) is 11.6 Å². The monoisotopic (exact) mass is 294 g/mol. The average Bonchev–Trinajstić information content (AvgIpc) is 2.47. The summed E-state index contributed by atoms with van der Waals surface area (Å²) in [6.45, 7) is 4.32. The first kappa shape index (κ1) is 14.9. The van der Waals surface area contributed by atoms with Crippen molar-refractivity contribution < 1.29 is 9.59 Å². The fraction of sp³-hybridized carbons (Fsp3) is 0.467. The summed E-state index contributed by atoms with van der Waals surface area (Å²) in [6, 6.07) is 7.59. The van der Waals surface area contributed by atoms with E-state index in [2.05, 4.69) is 0 Å². The normalized spacial score (nSPS) is 15.3. The lowest BCUT2D eigenvalue weighted by molar-refractivity contribution is -0.132. The molecule has 0 unspecified atom stereocenters. The predicted molar refractivity (Wildman–Crippen MR) is 79.0 cm³/mol. The van der Waals surface area contributed by atoms with Gasteiger partial charge in [0, 0.05) is 44.0 Å². The number of benzene rings is 1. The van der Waals surface area contributed by atoms with Gasteiger partial charge in [-0.25, -0.2) is 0 Å². The van der Waals surface area contributed by atoms with Crippen LogP contribution in [0, 0.1) is 6.92 Å². The molecular formula is C15H19ClN2O2. The molecule has 0 aromatic heterocycles. The van der Waals surface area contributed by atoms with Crippen LogP contribution in [0.1, 0.15) is 22.3 Å². The summed E-state index contributed by atoms with van der Waals surface area (Å²) in [7, 11) is 0. The number of halogens is 1. The Morgan fingerprint density at radius 2 is 1.80 bits per heavy atom. The van der Waals surface area contributed by atoms with Crippen molar-refractivity contribution in [3.05, 3.63) is 35.4 Å². The number of rotatable bonds is 3. The van der Waals surface area contributed by atoms with E-state index >= 15 is 0 Å². The van der Waals surface area contributed by atoms with Gasteiger partial charge in [0.1, 0.15) is 0 Å². The molecule has 2 rings (SSSR count). The summed E-state index contributed by atoms with van der Waals surface area (Å²) in [5.74, 6) is 0.460. The third-order valence-corrected chi connectivity index (χ3v) is 3.68. The van der Waals surface area contributed by atoms with Crippen molar-refractivity contribution in [2.24, 2.45) is 0 Å². The Morgan fingerprint density at radius 3 is 2.40 bits per heavy atom. The van der Waals surface area contributed by atoms with Gasteiger partial charge in [0.2, 0.25) is 5.91 Å². The van der Waals surface area contributed by atoms with Gasteiger partial charge in [0.25, 0.3) is 5.91 Å². The second kappa shape index (κ2) is 6.75. The van der Waals surface area contributed by atoms with Gasteiger partial charge in [-0.1, -0.05) is 17.7 Å². The highest BCUT2D eigenvalue weighted by Gasteiger charge is 2.24. The fourth-order valence-electron chi connectivity index (χ4n) is 2.36. The van der Waals surface area contributed by atoms with Gasteiger partial charge < -0.3 is 9.80 Å². The number of alkyl halides is 1. The summed E-state index contributed by atoms with van der Waals surface area (Å²) in [5, 5.41) is 0. The molecule has 1 aliphatic heterocycles. The lowest BCUT2D eigenvalue weighted by Gasteiger charge is -2.34. The molecule has 0 radical (unpaired) electrons. The summed E-state index contributed by atoms with van der Waals surface area (Å²) in [6.07, 6.45) is 0.368. The first-order valence-electron chi connectivity index (χ1n) is 6.81. The lowest BCUT2D eigenvalue weighted by atomic mass is 10.1. The number of amides is 2. The maximum absolute atomic E-state index is 12.4. The predicted octanol–water partition coefficient (Wildman–Crippen LogP) is 1.91. The van der Waals surface area contributed by atoms with E-state index in [1.54, 1.807) is 9.80 Å².